The first-order chi connectivity index (χ1) is 15.6. The highest BCUT2D eigenvalue weighted by Crippen LogP contribution is 2.28. The number of pyridine rings is 2. The van der Waals surface area contributed by atoms with Crippen LogP contribution in [0.3, 0.4) is 0 Å². The Balaban J connectivity index is 1.60. The number of aromatic nitrogens is 4. The Morgan fingerprint density at radius 2 is 2.00 bits per heavy atom. The fourth-order valence-corrected chi connectivity index (χ4v) is 3.41. The third-order valence-corrected chi connectivity index (χ3v) is 4.98. The average molecular weight is 430 g/mol. The molecule has 4 aromatic rings. The summed E-state index contributed by atoms with van der Waals surface area (Å²) in [6.45, 7) is 0.892. The summed E-state index contributed by atoms with van der Waals surface area (Å²) < 4.78 is 15.2. The Morgan fingerprint density at radius 1 is 1.12 bits per heavy atom. The van der Waals surface area contributed by atoms with Gasteiger partial charge in [0.2, 0.25) is 6.41 Å². The minimum atomic E-state index is -0.261. The van der Waals surface area contributed by atoms with Crippen LogP contribution in [0.15, 0.2) is 73.3 Å². The highest BCUT2D eigenvalue weighted by atomic mass is 19.1. The zero-order valence-corrected chi connectivity index (χ0v) is 17.6. The second kappa shape index (κ2) is 9.82. The molecule has 8 heteroatoms. The fourth-order valence-electron chi connectivity index (χ4n) is 3.41. The molecule has 1 N–H and O–H groups in total. The van der Waals surface area contributed by atoms with E-state index in [-0.39, 0.29) is 5.82 Å². The van der Waals surface area contributed by atoms with Crippen LogP contribution in [0.25, 0.3) is 11.3 Å². The molecule has 32 heavy (non-hydrogen) atoms. The first kappa shape index (κ1) is 21.2. The lowest BCUT2D eigenvalue weighted by atomic mass is 10.1. The van der Waals surface area contributed by atoms with Crippen molar-refractivity contribution in [3.8, 4) is 11.3 Å². The summed E-state index contributed by atoms with van der Waals surface area (Å²) in [5, 5.41) is 7.53. The van der Waals surface area contributed by atoms with Crippen LogP contribution in [-0.2, 0) is 24.8 Å². The molecule has 0 unspecified atom stereocenters. The Bertz CT molecular complexity index is 1190. The number of hydrogen-bond donors (Lipinski definition) is 1. The van der Waals surface area contributed by atoms with Gasteiger partial charge in [0.15, 0.2) is 5.82 Å². The molecule has 0 fully saturated rings. The first-order valence-electron chi connectivity index (χ1n) is 10.2. The van der Waals surface area contributed by atoms with Crippen molar-refractivity contribution in [1.29, 1.82) is 0 Å². The standard InChI is InChI=1S/C24H23FN6O/c1-30-16-20(14-28-30)22-7-8-23(31(17-32)15-19-5-3-10-26-13-19)24(29-22)27-11-9-18-4-2-6-21(25)12-18/h2-8,10,12-14,16-17H,9,11,15H2,1H3,(H,27,29). The zero-order chi connectivity index (χ0) is 22.3. The summed E-state index contributed by atoms with van der Waals surface area (Å²) >= 11 is 0. The minimum absolute atomic E-state index is 0.261. The molecule has 162 valence electrons. The molecule has 0 spiro atoms. The number of hydrogen-bond acceptors (Lipinski definition) is 5. The number of carbonyl (C=O) groups is 1. The summed E-state index contributed by atoms with van der Waals surface area (Å²) in [5.41, 5.74) is 4.04. The van der Waals surface area contributed by atoms with E-state index < -0.39 is 0 Å². The van der Waals surface area contributed by atoms with E-state index in [1.54, 1.807) is 34.2 Å². The molecule has 0 radical (unpaired) electrons. The van der Waals surface area contributed by atoms with Gasteiger partial charge < -0.3 is 10.2 Å². The molecule has 0 saturated carbocycles. The van der Waals surface area contributed by atoms with E-state index in [2.05, 4.69) is 15.4 Å². The highest BCUT2D eigenvalue weighted by molar-refractivity contribution is 5.83. The van der Waals surface area contributed by atoms with Crippen LogP contribution in [0, 0.1) is 5.82 Å². The van der Waals surface area contributed by atoms with Gasteiger partial charge in [0, 0.05) is 37.7 Å². The van der Waals surface area contributed by atoms with Crippen molar-refractivity contribution in [1.82, 2.24) is 19.7 Å². The molecule has 0 aliphatic heterocycles. The third-order valence-electron chi connectivity index (χ3n) is 4.98. The predicted molar refractivity (Wildman–Crippen MR) is 122 cm³/mol. The number of amides is 1. The molecule has 0 aliphatic rings. The van der Waals surface area contributed by atoms with Crippen molar-refractivity contribution < 1.29 is 9.18 Å². The van der Waals surface area contributed by atoms with E-state index in [1.165, 1.54) is 12.1 Å². The quantitative estimate of drug-likeness (QED) is 0.409. The summed E-state index contributed by atoms with van der Waals surface area (Å²) in [7, 11) is 1.85. The van der Waals surface area contributed by atoms with Crippen LogP contribution in [0.4, 0.5) is 15.9 Å². The molecule has 0 aliphatic carbocycles. The average Bonchev–Trinajstić information content (AvgIpc) is 3.25. The number of rotatable bonds is 9. The molecular weight excluding hydrogens is 407 g/mol. The topological polar surface area (TPSA) is 75.9 Å². The number of anilines is 2. The van der Waals surface area contributed by atoms with Crippen LogP contribution in [0.1, 0.15) is 11.1 Å². The number of halogens is 1. The number of carbonyl (C=O) groups excluding carboxylic acids is 1. The second-order valence-corrected chi connectivity index (χ2v) is 7.37. The van der Waals surface area contributed by atoms with Crippen LogP contribution in [0.5, 0.6) is 0 Å². The van der Waals surface area contributed by atoms with Crippen molar-refractivity contribution >= 4 is 17.9 Å². The van der Waals surface area contributed by atoms with Crippen LogP contribution >= 0.6 is 0 Å². The minimum Gasteiger partial charge on any atom is -0.368 e. The number of nitrogens with zero attached hydrogens (tertiary/aromatic N) is 5. The molecule has 1 aromatic carbocycles. The lowest BCUT2D eigenvalue weighted by molar-refractivity contribution is -0.107. The van der Waals surface area contributed by atoms with E-state index in [0.29, 0.717) is 31.0 Å². The number of benzene rings is 1. The van der Waals surface area contributed by atoms with Crippen molar-refractivity contribution in [2.75, 3.05) is 16.8 Å². The largest absolute Gasteiger partial charge is 0.368 e. The van der Waals surface area contributed by atoms with Crippen molar-refractivity contribution in [3.05, 3.63) is 90.3 Å². The summed E-state index contributed by atoms with van der Waals surface area (Å²) in [4.78, 5) is 22.4. The Hall–Kier alpha value is -4.07. The maximum Gasteiger partial charge on any atom is 0.214 e. The molecule has 4 rings (SSSR count). The SMILES string of the molecule is Cn1cc(-c2ccc(N(C=O)Cc3cccnc3)c(NCCc3cccc(F)c3)n2)cn1. The predicted octanol–water partition coefficient (Wildman–Crippen LogP) is 3.83. The molecule has 3 aromatic heterocycles. The molecule has 0 atom stereocenters. The number of nitrogens with one attached hydrogen (secondary N) is 1. The van der Waals surface area contributed by atoms with E-state index in [0.717, 1.165) is 28.8 Å². The Morgan fingerprint density at radius 3 is 2.72 bits per heavy atom. The normalized spacial score (nSPS) is 10.7. The van der Waals surface area contributed by atoms with Crippen molar-refractivity contribution in [2.45, 2.75) is 13.0 Å². The lowest BCUT2D eigenvalue weighted by Crippen LogP contribution is -2.23. The number of aryl methyl sites for hydroxylation is 1. The molecule has 0 saturated heterocycles. The van der Waals surface area contributed by atoms with Crippen LogP contribution in [0.2, 0.25) is 0 Å². The smallest absolute Gasteiger partial charge is 0.214 e. The molecule has 1 amide bonds. The Kier molecular flexibility index (Phi) is 6.50. The van der Waals surface area contributed by atoms with Gasteiger partial charge in [-0.3, -0.25) is 14.5 Å². The van der Waals surface area contributed by atoms with Gasteiger partial charge in [0.05, 0.1) is 24.1 Å². The van der Waals surface area contributed by atoms with E-state index in [4.69, 9.17) is 4.98 Å². The molecule has 0 bridgehead atoms. The second-order valence-electron chi connectivity index (χ2n) is 7.37. The fraction of sp³-hybridized carbons (Fsp3) is 0.167. The van der Waals surface area contributed by atoms with Gasteiger partial charge in [0.1, 0.15) is 5.82 Å². The third kappa shape index (κ3) is 5.15. The highest BCUT2D eigenvalue weighted by Gasteiger charge is 2.15. The summed E-state index contributed by atoms with van der Waals surface area (Å²) in [5.74, 6) is 0.308. The van der Waals surface area contributed by atoms with Gasteiger partial charge in [-0.25, -0.2) is 9.37 Å². The van der Waals surface area contributed by atoms with Crippen molar-refractivity contribution in [3.63, 3.8) is 0 Å². The first-order valence-corrected chi connectivity index (χ1v) is 10.2. The lowest BCUT2D eigenvalue weighted by Gasteiger charge is -2.21. The molecule has 3 heterocycles. The van der Waals surface area contributed by atoms with Gasteiger partial charge >= 0.3 is 0 Å². The van der Waals surface area contributed by atoms with E-state index in [9.17, 15) is 9.18 Å². The summed E-state index contributed by atoms with van der Waals surface area (Å²) in [6, 6.07) is 14.0. The van der Waals surface area contributed by atoms with Gasteiger partial charge in [-0.2, -0.15) is 5.10 Å². The molecular formula is C24H23FN6O. The van der Waals surface area contributed by atoms with Crippen molar-refractivity contribution in [2.24, 2.45) is 7.05 Å². The zero-order valence-electron chi connectivity index (χ0n) is 17.6. The van der Waals surface area contributed by atoms with E-state index >= 15 is 0 Å². The Labute approximate surface area is 185 Å². The van der Waals surface area contributed by atoms with Crippen LogP contribution in [-0.4, -0.2) is 32.7 Å². The van der Waals surface area contributed by atoms with Gasteiger partial charge in [-0.1, -0.05) is 18.2 Å². The van der Waals surface area contributed by atoms with Gasteiger partial charge in [-0.15, -0.1) is 0 Å². The maximum atomic E-state index is 13.5. The maximum absolute atomic E-state index is 13.5. The summed E-state index contributed by atoms with van der Waals surface area (Å²) in [6.07, 6.45) is 8.44. The molecule has 7 nitrogen and oxygen atoms in total. The van der Waals surface area contributed by atoms with Crippen LogP contribution < -0.4 is 10.2 Å². The van der Waals surface area contributed by atoms with Gasteiger partial charge in [0.25, 0.3) is 0 Å². The van der Waals surface area contributed by atoms with Gasteiger partial charge in [-0.05, 0) is 47.9 Å². The monoisotopic (exact) mass is 430 g/mol. The van der Waals surface area contributed by atoms with E-state index in [1.807, 2.05) is 43.6 Å².